The van der Waals surface area contributed by atoms with Gasteiger partial charge in [0.25, 0.3) is 5.69 Å². The number of hydrogen-bond donors (Lipinski definition) is 2. The number of para-hydroxylation sites is 1. The average Bonchev–Trinajstić information content (AvgIpc) is 2.47. The molecule has 21 heavy (non-hydrogen) atoms. The van der Waals surface area contributed by atoms with Gasteiger partial charge >= 0.3 is 0 Å². The van der Waals surface area contributed by atoms with E-state index in [0.717, 1.165) is 5.56 Å². The molecule has 0 aliphatic heterocycles. The van der Waals surface area contributed by atoms with Crippen LogP contribution in [0, 0.1) is 17.0 Å². The van der Waals surface area contributed by atoms with Crippen LogP contribution in [0.4, 0.5) is 17.1 Å². The maximum absolute atomic E-state index is 11.8. The minimum absolute atomic E-state index is 0.0393. The maximum Gasteiger partial charge on any atom is 0.292 e. The van der Waals surface area contributed by atoms with E-state index in [1.54, 1.807) is 31.2 Å². The minimum atomic E-state index is -0.468. The summed E-state index contributed by atoms with van der Waals surface area (Å²) in [4.78, 5) is 22.3. The van der Waals surface area contributed by atoms with E-state index in [-0.39, 0.29) is 18.1 Å². The normalized spacial score (nSPS) is 9.95. The first kappa shape index (κ1) is 14.5. The van der Waals surface area contributed by atoms with Crippen LogP contribution in [-0.4, -0.2) is 17.4 Å². The molecule has 0 aliphatic rings. The second-order valence-electron chi connectivity index (χ2n) is 4.55. The third-order valence-electron chi connectivity index (χ3n) is 2.85. The Morgan fingerprint density at radius 1 is 1.19 bits per heavy atom. The van der Waals surface area contributed by atoms with Crippen LogP contribution >= 0.6 is 0 Å². The average molecular weight is 285 g/mol. The third-order valence-corrected chi connectivity index (χ3v) is 2.85. The van der Waals surface area contributed by atoms with Crippen molar-refractivity contribution in [2.24, 2.45) is 0 Å². The molecule has 0 aromatic heterocycles. The molecule has 0 atom stereocenters. The van der Waals surface area contributed by atoms with Gasteiger partial charge in [-0.15, -0.1) is 0 Å². The first-order valence-electron chi connectivity index (χ1n) is 6.40. The van der Waals surface area contributed by atoms with E-state index in [1.807, 2.05) is 18.2 Å². The summed E-state index contributed by atoms with van der Waals surface area (Å²) in [5.41, 5.74) is 1.76. The summed E-state index contributed by atoms with van der Waals surface area (Å²) in [6, 6.07) is 13.8. The van der Waals surface area contributed by atoms with Crippen LogP contribution in [0.15, 0.2) is 48.5 Å². The Morgan fingerprint density at radius 2 is 1.90 bits per heavy atom. The Labute approximate surface area is 121 Å². The SMILES string of the molecule is Cc1ccc(NCC(=O)Nc2ccccc2)c([N+](=O)[O-])c1. The first-order chi connectivity index (χ1) is 10.1. The van der Waals surface area contributed by atoms with Gasteiger partial charge in [-0.3, -0.25) is 14.9 Å². The molecular formula is C15H15N3O3. The lowest BCUT2D eigenvalue weighted by atomic mass is 10.2. The predicted molar refractivity (Wildman–Crippen MR) is 81.4 cm³/mol. The second kappa shape index (κ2) is 6.51. The molecule has 0 saturated heterocycles. The molecular weight excluding hydrogens is 270 g/mol. The monoisotopic (exact) mass is 285 g/mol. The van der Waals surface area contributed by atoms with Crippen molar-refractivity contribution in [1.29, 1.82) is 0 Å². The van der Waals surface area contributed by atoms with Crippen LogP contribution in [0.3, 0.4) is 0 Å². The Kier molecular flexibility index (Phi) is 4.50. The molecule has 6 heteroatoms. The summed E-state index contributed by atoms with van der Waals surface area (Å²) in [5, 5.41) is 16.5. The molecule has 2 rings (SSSR count). The number of anilines is 2. The fraction of sp³-hybridized carbons (Fsp3) is 0.133. The van der Waals surface area contributed by atoms with Gasteiger partial charge in [0.15, 0.2) is 0 Å². The molecule has 0 fully saturated rings. The van der Waals surface area contributed by atoms with E-state index in [1.165, 1.54) is 6.07 Å². The Balaban J connectivity index is 2.00. The molecule has 2 aromatic carbocycles. The van der Waals surface area contributed by atoms with Crippen LogP contribution in [-0.2, 0) is 4.79 Å². The Morgan fingerprint density at radius 3 is 2.57 bits per heavy atom. The quantitative estimate of drug-likeness (QED) is 0.653. The molecule has 0 bridgehead atoms. The molecule has 108 valence electrons. The molecule has 0 radical (unpaired) electrons. The van der Waals surface area contributed by atoms with E-state index in [4.69, 9.17) is 0 Å². The maximum atomic E-state index is 11.8. The van der Waals surface area contributed by atoms with Gasteiger partial charge in [0.05, 0.1) is 11.5 Å². The van der Waals surface area contributed by atoms with Crippen LogP contribution < -0.4 is 10.6 Å². The number of carbonyl (C=O) groups is 1. The molecule has 0 saturated carbocycles. The minimum Gasteiger partial charge on any atom is -0.371 e. The summed E-state index contributed by atoms with van der Waals surface area (Å²) >= 11 is 0. The Hall–Kier alpha value is -2.89. The van der Waals surface area contributed by atoms with Crippen molar-refractivity contribution in [2.45, 2.75) is 6.92 Å². The lowest BCUT2D eigenvalue weighted by Crippen LogP contribution is -2.22. The zero-order valence-electron chi connectivity index (χ0n) is 11.5. The number of amides is 1. The van der Waals surface area contributed by atoms with Gasteiger partial charge in [-0.25, -0.2) is 0 Å². The van der Waals surface area contributed by atoms with E-state index >= 15 is 0 Å². The van der Waals surface area contributed by atoms with Gasteiger partial charge in [0.1, 0.15) is 5.69 Å². The molecule has 6 nitrogen and oxygen atoms in total. The number of hydrogen-bond acceptors (Lipinski definition) is 4. The number of nitro benzene ring substituents is 1. The van der Waals surface area contributed by atoms with Crippen molar-refractivity contribution < 1.29 is 9.72 Å². The number of aryl methyl sites for hydroxylation is 1. The zero-order chi connectivity index (χ0) is 15.2. The topological polar surface area (TPSA) is 84.3 Å². The van der Waals surface area contributed by atoms with Crippen LogP contribution in [0.2, 0.25) is 0 Å². The predicted octanol–water partition coefficient (Wildman–Crippen LogP) is 2.95. The second-order valence-corrected chi connectivity index (χ2v) is 4.55. The molecule has 1 amide bonds. The molecule has 0 heterocycles. The molecule has 2 N–H and O–H groups in total. The summed E-state index contributed by atoms with van der Waals surface area (Å²) < 4.78 is 0. The van der Waals surface area contributed by atoms with E-state index in [0.29, 0.717) is 11.4 Å². The van der Waals surface area contributed by atoms with Crippen LogP contribution in [0.5, 0.6) is 0 Å². The van der Waals surface area contributed by atoms with Crippen molar-refractivity contribution >= 4 is 23.0 Å². The number of benzene rings is 2. The van der Waals surface area contributed by atoms with Crippen molar-refractivity contribution in [3.8, 4) is 0 Å². The third kappa shape index (κ3) is 4.04. The number of nitrogens with one attached hydrogen (secondary N) is 2. The number of nitrogens with zero attached hydrogens (tertiary/aromatic N) is 1. The summed E-state index contributed by atoms with van der Waals surface area (Å²) in [7, 11) is 0. The van der Waals surface area contributed by atoms with Gasteiger partial charge in [0.2, 0.25) is 5.91 Å². The largest absolute Gasteiger partial charge is 0.371 e. The summed E-state index contributed by atoms with van der Waals surface area (Å²) in [6.07, 6.45) is 0. The van der Waals surface area contributed by atoms with Crippen molar-refractivity contribution in [3.05, 3.63) is 64.2 Å². The highest BCUT2D eigenvalue weighted by atomic mass is 16.6. The van der Waals surface area contributed by atoms with Gasteiger partial charge in [-0.1, -0.05) is 24.3 Å². The standard InChI is InChI=1S/C15H15N3O3/c1-11-7-8-13(14(9-11)18(20)21)16-10-15(19)17-12-5-3-2-4-6-12/h2-9,16H,10H2,1H3,(H,17,19). The van der Waals surface area contributed by atoms with Crippen molar-refractivity contribution in [2.75, 3.05) is 17.2 Å². The fourth-order valence-electron chi connectivity index (χ4n) is 1.84. The van der Waals surface area contributed by atoms with Crippen molar-refractivity contribution in [1.82, 2.24) is 0 Å². The molecule has 2 aromatic rings. The van der Waals surface area contributed by atoms with Gasteiger partial charge < -0.3 is 10.6 Å². The highest BCUT2D eigenvalue weighted by Gasteiger charge is 2.14. The summed E-state index contributed by atoms with van der Waals surface area (Å²) in [5.74, 6) is -0.268. The lowest BCUT2D eigenvalue weighted by molar-refractivity contribution is -0.384. The van der Waals surface area contributed by atoms with Gasteiger partial charge in [0, 0.05) is 11.8 Å². The molecule has 0 unspecified atom stereocenters. The lowest BCUT2D eigenvalue weighted by Gasteiger charge is -2.08. The van der Waals surface area contributed by atoms with Gasteiger partial charge in [-0.05, 0) is 30.7 Å². The number of nitro groups is 1. The smallest absolute Gasteiger partial charge is 0.292 e. The number of rotatable bonds is 5. The fourth-order valence-corrected chi connectivity index (χ4v) is 1.84. The van der Waals surface area contributed by atoms with Crippen molar-refractivity contribution in [3.63, 3.8) is 0 Å². The van der Waals surface area contributed by atoms with E-state index < -0.39 is 4.92 Å². The van der Waals surface area contributed by atoms with Crippen LogP contribution in [0.25, 0.3) is 0 Å². The van der Waals surface area contributed by atoms with E-state index in [2.05, 4.69) is 10.6 Å². The van der Waals surface area contributed by atoms with Gasteiger partial charge in [-0.2, -0.15) is 0 Å². The summed E-state index contributed by atoms with van der Waals surface area (Å²) in [6.45, 7) is 1.73. The van der Waals surface area contributed by atoms with E-state index in [9.17, 15) is 14.9 Å². The first-order valence-corrected chi connectivity index (χ1v) is 6.40. The number of carbonyl (C=O) groups excluding carboxylic acids is 1. The molecule has 0 spiro atoms. The highest BCUT2D eigenvalue weighted by Crippen LogP contribution is 2.24. The Bertz CT molecular complexity index is 656. The van der Waals surface area contributed by atoms with Crippen LogP contribution in [0.1, 0.15) is 5.56 Å². The molecule has 0 aliphatic carbocycles. The highest BCUT2D eigenvalue weighted by molar-refractivity contribution is 5.94. The zero-order valence-corrected chi connectivity index (χ0v) is 11.5.